The van der Waals surface area contributed by atoms with Crippen molar-refractivity contribution in [3.8, 4) is 0 Å². The summed E-state index contributed by atoms with van der Waals surface area (Å²) < 4.78 is 10.6. The molecule has 0 aliphatic heterocycles. The van der Waals surface area contributed by atoms with Gasteiger partial charge in [-0.05, 0) is 29.8 Å². The van der Waals surface area contributed by atoms with Crippen LogP contribution in [0.4, 0.5) is 0 Å². The maximum Gasteiger partial charge on any atom is 0.374 e. The molecular weight excluding hydrogens is 339 g/mol. The molecule has 116 valence electrons. The third-order valence-corrected chi connectivity index (χ3v) is 3.93. The standard InChI is InChI=1S/C17H10Cl2O4/c18-12-6-5-10(7-13(12)19)9-22-17(21)16-8-14(20)11-3-1-2-4-15(11)23-16/h1-8H,9H2. The van der Waals surface area contributed by atoms with Gasteiger partial charge in [-0.1, -0.05) is 41.4 Å². The molecule has 1 aromatic heterocycles. The van der Waals surface area contributed by atoms with Crippen molar-refractivity contribution in [1.29, 1.82) is 0 Å². The van der Waals surface area contributed by atoms with Crippen LogP contribution < -0.4 is 5.43 Å². The quantitative estimate of drug-likeness (QED) is 0.655. The molecule has 3 rings (SSSR count). The van der Waals surface area contributed by atoms with Crippen molar-refractivity contribution in [3.63, 3.8) is 0 Å². The first kappa shape index (κ1) is 15.6. The van der Waals surface area contributed by atoms with Crippen molar-refractivity contribution in [3.05, 3.63) is 80.1 Å². The van der Waals surface area contributed by atoms with Crippen LogP contribution in [0.2, 0.25) is 10.0 Å². The van der Waals surface area contributed by atoms with E-state index < -0.39 is 5.97 Å². The number of para-hydroxylation sites is 1. The van der Waals surface area contributed by atoms with Gasteiger partial charge in [-0.25, -0.2) is 4.79 Å². The SMILES string of the molecule is O=C(OCc1ccc(Cl)c(Cl)c1)c1cc(=O)c2ccccc2o1. The molecule has 2 aromatic carbocycles. The van der Waals surface area contributed by atoms with Crippen LogP contribution in [-0.2, 0) is 11.3 Å². The van der Waals surface area contributed by atoms with E-state index in [1.807, 2.05) is 0 Å². The second-order valence-corrected chi connectivity index (χ2v) is 5.61. The summed E-state index contributed by atoms with van der Waals surface area (Å²) in [5.74, 6) is -0.868. The number of carbonyl (C=O) groups excluding carboxylic acids is 1. The van der Waals surface area contributed by atoms with Gasteiger partial charge in [0.2, 0.25) is 5.76 Å². The van der Waals surface area contributed by atoms with E-state index in [0.29, 0.717) is 26.6 Å². The van der Waals surface area contributed by atoms with Crippen LogP contribution in [0.15, 0.2) is 57.7 Å². The first-order valence-corrected chi connectivity index (χ1v) is 7.44. The molecule has 0 unspecified atom stereocenters. The highest BCUT2D eigenvalue weighted by Crippen LogP contribution is 2.23. The maximum atomic E-state index is 12.1. The lowest BCUT2D eigenvalue weighted by Gasteiger charge is -2.06. The Morgan fingerprint density at radius 3 is 2.61 bits per heavy atom. The van der Waals surface area contributed by atoms with Gasteiger partial charge in [-0.15, -0.1) is 0 Å². The van der Waals surface area contributed by atoms with Gasteiger partial charge in [0.1, 0.15) is 12.2 Å². The van der Waals surface area contributed by atoms with Crippen molar-refractivity contribution in [2.75, 3.05) is 0 Å². The molecule has 0 aliphatic carbocycles. The van der Waals surface area contributed by atoms with E-state index in [1.54, 1.807) is 42.5 Å². The minimum Gasteiger partial charge on any atom is -0.455 e. The highest BCUT2D eigenvalue weighted by molar-refractivity contribution is 6.42. The van der Waals surface area contributed by atoms with Crippen molar-refractivity contribution in [1.82, 2.24) is 0 Å². The monoisotopic (exact) mass is 348 g/mol. The smallest absolute Gasteiger partial charge is 0.374 e. The van der Waals surface area contributed by atoms with E-state index in [1.165, 1.54) is 0 Å². The Hall–Kier alpha value is -2.30. The molecule has 0 radical (unpaired) electrons. The van der Waals surface area contributed by atoms with E-state index in [4.69, 9.17) is 32.4 Å². The molecule has 1 heterocycles. The molecule has 4 nitrogen and oxygen atoms in total. The minimum absolute atomic E-state index is 0.00768. The van der Waals surface area contributed by atoms with Gasteiger partial charge in [-0.3, -0.25) is 4.79 Å². The Balaban J connectivity index is 1.80. The summed E-state index contributed by atoms with van der Waals surface area (Å²) in [6.07, 6.45) is 0. The topological polar surface area (TPSA) is 56.5 Å². The van der Waals surface area contributed by atoms with Crippen molar-refractivity contribution in [2.45, 2.75) is 6.61 Å². The zero-order valence-electron chi connectivity index (χ0n) is 11.7. The Morgan fingerprint density at radius 2 is 1.83 bits per heavy atom. The molecule has 0 saturated carbocycles. The minimum atomic E-state index is -0.723. The van der Waals surface area contributed by atoms with E-state index in [2.05, 4.69) is 0 Å². The highest BCUT2D eigenvalue weighted by atomic mass is 35.5. The lowest BCUT2D eigenvalue weighted by atomic mass is 10.2. The highest BCUT2D eigenvalue weighted by Gasteiger charge is 2.14. The predicted molar refractivity (Wildman–Crippen MR) is 88.1 cm³/mol. The van der Waals surface area contributed by atoms with E-state index >= 15 is 0 Å². The molecule has 6 heteroatoms. The van der Waals surface area contributed by atoms with Gasteiger partial charge in [0, 0.05) is 6.07 Å². The van der Waals surface area contributed by atoms with Gasteiger partial charge < -0.3 is 9.15 Å². The van der Waals surface area contributed by atoms with Crippen LogP contribution in [0.25, 0.3) is 11.0 Å². The number of carbonyl (C=O) groups is 1. The second kappa shape index (κ2) is 6.44. The summed E-state index contributed by atoms with van der Waals surface area (Å²) in [4.78, 5) is 24.0. The van der Waals surface area contributed by atoms with E-state index in [-0.39, 0.29) is 17.8 Å². The van der Waals surface area contributed by atoms with E-state index in [0.717, 1.165) is 6.07 Å². The average molecular weight is 349 g/mol. The van der Waals surface area contributed by atoms with Crippen LogP contribution in [0.3, 0.4) is 0 Å². The summed E-state index contributed by atoms with van der Waals surface area (Å²) in [6, 6.07) is 12.7. The zero-order chi connectivity index (χ0) is 16.4. The fourth-order valence-corrected chi connectivity index (χ4v) is 2.37. The molecule has 0 atom stereocenters. The Labute approximate surface area is 141 Å². The van der Waals surface area contributed by atoms with Crippen LogP contribution >= 0.6 is 23.2 Å². The molecule has 0 N–H and O–H groups in total. The fourth-order valence-electron chi connectivity index (χ4n) is 2.05. The molecule has 0 bridgehead atoms. The summed E-state index contributed by atoms with van der Waals surface area (Å²) in [5.41, 5.74) is 0.714. The van der Waals surface area contributed by atoms with Gasteiger partial charge >= 0.3 is 5.97 Å². The molecular formula is C17H10Cl2O4. The molecule has 0 saturated heterocycles. The molecule has 0 spiro atoms. The zero-order valence-corrected chi connectivity index (χ0v) is 13.2. The number of rotatable bonds is 3. The number of ether oxygens (including phenoxy) is 1. The normalized spacial score (nSPS) is 10.7. The number of benzene rings is 2. The van der Waals surface area contributed by atoms with Gasteiger partial charge in [-0.2, -0.15) is 0 Å². The van der Waals surface area contributed by atoms with Crippen molar-refractivity contribution < 1.29 is 13.9 Å². The lowest BCUT2D eigenvalue weighted by molar-refractivity contribution is 0.0436. The Kier molecular flexibility index (Phi) is 4.37. The van der Waals surface area contributed by atoms with Crippen LogP contribution in [-0.4, -0.2) is 5.97 Å². The van der Waals surface area contributed by atoms with Crippen molar-refractivity contribution >= 4 is 40.1 Å². The number of esters is 1. The first-order valence-electron chi connectivity index (χ1n) is 6.68. The number of hydrogen-bond acceptors (Lipinski definition) is 4. The summed E-state index contributed by atoms with van der Waals surface area (Å²) in [6.45, 7) is -0.00768. The molecule has 0 fully saturated rings. The molecule has 0 aliphatic rings. The fraction of sp³-hybridized carbons (Fsp3) is 0.0588. The van der Waals surface area contributed by atoms with E-state index in [9.17, 15) is 9.59 Å². The largest absolute Gasteiger partial charge is 0.455 e. The van der Waals surface area contributed by atoms with Crippen LogP contribution in [0, 0.1) is 0 Å². The van der Waals surface area contributed by atoms with Crippen LogP contribution in [0.5, 0.6) is 0 Å². The van der Waals surface area contributed by atoms with Crippen LogP contribution in [0.1, 0.15) is 16.1 Å². The third-order valence-electron chi connectivity index (χ3n) is 3.19. The lowest BCUT2D eigenvalue weighted by Crippen LogP contribution is -2.10. The predicted octanol–water partition coefficient (Wildman–Crippen LogP) is 4.46. The number of hydrogen-bond donors (Lipinski definition) is 0. The number of fused-ring (bicyclic) bond motifs is 1. The Morgan fingerprint density at radius 1 is 1.04 bits per heavy atom. The number of halogens is 2. The molecule has 23 heavy (non-hydrogen) atoms. The second-order valence-electron chi connectivity index (χ2n) is 4.80. The summed E-state index contributed by atoms with van der Waals surface area (Å²) >= 11 is 11.7. The Bertz CT molecular complexity index is 947. The average Bonchev–Trinajstić information content (AvgIpc) is 2.55. The van der Waals surface area contributed by atoms with Gasteiger partial charge in [0.15, 0.2) is 5.43 Å². The maximum absolute atomic E-state index is 12.1. The van der Waals surface area contributed by atoms with Gasteiger partial charge in [0.05, 0.1) is 15.4 Å². The summed E-state index contributed by atoms with van der Waals surface area (Å²) in [7, 11) is 0. The first-order chi connectivity index (χ1) is 11.0. The molecule has 0 amide bonds. The van der Waals surface area contributed by atoms with Crippen molar-refractivity contribution in [2.24, 2.45) is 0 Å². The van der Waals surface area contributed by atoms with Gasteiger partial charge in [0.25, 0.3) is 0 Å². The third kappa shape index (κ3) is 3.38. The summed E-state index contributed by atoms with van der Waals surface area (Å²) in [5, 5.41) is 1.20. The molecule has 3 aromatic rings.